The first-order valence-electron chi connectivity index (χ1n) is 10.4. The fourth-order valence-corrected chi connectivity index (χ4v) is 4.63. The van der Waals surface area contributed by atoms with Gasteiger partial charge < -0.3 is 9.30 Å². The van der Waals surface area contributed by atoms with Gasteiger partial charge in [0, 0.05) is 47.1 Å². The lowest BCUT2D eigenvalue weighted by molar-refractivity contribution is 0.102. The van der Waals surface area contributed by atoms with Crippen molar-refractivity contribution in [2.24, 2.45) is 0 Å². The van der Waals surface area contributed by atoms with Gasteiger partial charge >= 0.3 is 0 Å². The van der Waals surface area contributed by atoms with Gasteiger partial charge in [0.2, 0.25) is 0 Å². The van der Waals surface area contributed by atoms with Gasteiger partial charge in [0.1, 0.15) is 5.75 Å². The number of thioether (sulfide) groups is 1. The number of aromatic nitrogens is 5. The van der Waals surface area contributed by atoms with Crippen LogP contribution in [0.4, 0.5) is 0 Å². The highest BCUT2D eigenvalue weighted by atomic mass is 32.2. The largest absolute Gasteiger partial charge is 0.497 e. The van der Waals surface area contributed by atoms with Crippen LogP contribution >= 0.6 is 11.8 Å². The van der Waals surface area contributed by atoms with Crippen molar-refractivity contribution in [3.63, 3.8) is 0 Å². The Morgan fingerprint density at radius 1 is 1.06 bits per heavy atom. The van der Waals surface area contributed by atoms with Crippen molar-refractivity contribution in [2.45, 2.75) is 32.5 Å². The van der Waals surface area contributed by atoms with E-state index in [4.69, 9.17) is 4.74 Å². The molecule has 3 aromatic heterocycles. The molecular formula is C24H25N5O2S. The quantitative estimate of drug-likeness (QED) is 0.287. The second-order valence-corrected chi connectivity index (χ2v) is 8.26. The summed E-state index contributed by atoms with van der Waals surface area (Å²) in [7, 11) is 1.64. The minimum atomic E-state index is 0.0811. The summed E-state index contributed by atoms with van der Waals surface area (Å²) >= 11 is 1.39. The molecule has 0 aliphatic rings. The van der Waals surface area contributed by atoms with E-state index in [9.17, 15) is 4.79 Å². The summed E-state index contributed by atoms with van der Waals surface area (Å²) in [6.07, 6.45) is 3.45. The van der Waals surface area contributed by atoms with Crippen molar-refractivity contribution < 1.29 is 9.53 Å². The molecule has 0 fully saturated rings. The van der Waals surface area contributed by atoms with Crippen LogP contribution in [0.1, 0.15) is 28.7 Å². The number of pyridine rings is 1. The van der Waals surface area contributed by atoms with Crippen LogP contribution in [0, 0.1) is 13.8 Å². The molecule has 4 rings (SSSR count). The van der Waals surface area contributed by atoms with Crippen molar-refractivity contribution >= 4 is 17.5 Å². The number of Topliss-reactive ketones (excluding diaryl/α,β-unsaturated/α-hetero) is 1. The first kappa shape index (κ1) is 21.8. The van der Waals surface area contributed by atoms with E-state index in [-0.39, 0.29) is 11.5 Å². The molecule has 8 heteroatoms. The monoisotopic (exact) mass is 447 g/mol. The highest BCUT2D eigenvalue weighted by molar-refractivity contribution is 7.99. The normalized spacial score (nSPS) is 11.0. The van der Waals surface area contributed by atoms with Crippen LogP contribution in [0.5, 0.6) is 5.75 Å². The molecule has 0 saturated carbocycles. The summed E-state index contributed by atoms with van der Waals surface area (Å²) in [5.41, 5.74) is 4.65. The molecule has 0 radical (unpaired) electrons. The van der Waals surface area contributed by atoms with E-state index in [1.54, 1.807) is 19.5 Å². The average Bonchev–Trinajstić information content (AvgIpc) is 3.38. The summed E-state index contributed by atoms with van der Waals surface area (Å²) in [5.74, 6) is 1.82. The molecule has 0 aliphatic carbocycles. The Labute approximate surface area is 191 Å². The van der Waals surface area contributed by atoms with E-state index >= 15 is 0 Å². The standard InChI is InChI=1S/C24H25N5O2S/c1-5-28-16(2)14-21(17(28)3)22(30)15-32-24-27-26-23(18-10-12-25-13-11-18)29(24)19-6-8-20(31-4)9-7-19/h6-14H,5,15H2,1-4H3. The fraction of sp³-hybridized carbons (Fsp3) is 0.250. The first-order valence-corrected chi connectivity index (χ1v) is 11.3. The summed E-state index contributed by atoms with van der Waals surface area (Å²) in [4.78, 5) is 17.1. The highest BCUT2D eigenvalue weighted by Crippen LogP contribution is 2.29. The number of hydrogen-bond acceptors (Lipinski definition) is 6. The zero-order valence-electron chi connectivity index (χ0n) is 18.6. The van der Waals surface area contributed by atoms with Crippen molar-refractivity contribution in [1.29, 1.82) is 0 Å². The zero-order chi connectivity index (χ0) is 22.7. The second kappa shape index (κ2) is 9.40. The van der Waals surface area contributed by atoms with Gasteiger partial charge in [0.05, 0.1) is 12.9 Å². The molecule has 3 heterocycles. The summed E-state index contributed by atoms with van der Waals surface area (Å²) < 4.78 is 9.40. The van der Waals surface area contributed by atoms with Gasteiger partial charge in [-0.25, -0.2) is 0 Å². The molecule has 0 aliphatic heterocycles. The predicted octanol–water partition coefficient (Wildman–Crippen LogP) is 4.75. The molecule has 0 saturated heterocycles. The molecular weight excluding hydrogens is 422 g/mol. The van der Waals surface area contributed by atoms with Gasteiger partial charge in [-0.3, -0.25) is 14.3 Å². The van der Waals surface area contributed by atoms with E-state index in [2.05, 4.69) is 26.7 Å². The van der Waals surface area contributed by atoms with Crippen molar-refractivity contribution in [2.75, 3.05) is 12.9 Å². The van der Waals surface area contributed by atoms with E-state index in [0.29, 0.717) is 11.0 Å². The Morgan fingerprint density at radius 2 is 1.78 bits per heavy atom. The van der Waals surface area contributed by atoms with Gasteiger partial charge in [-0.15, -0.1) is 10.2 Å². The van der Waals surface area contributed by atoms with Crippen LogP contribution < -0.4 is 4.74 Å². The van der Waals surface area contributed by atoms with Gasteiger partial charge in [0.25, 0.3) is 0 Å². The number of ether oxygens (including phenoxy) is 1. The Hall–Kier alpha value is -3.39. The number of benzene rings is 1. The van der Waals surface area contributed by atoms with Crippen molar-refractivity contribution in [3.05, 3.63) is 71.8 Å². The van der Waals surface area contributed by atoms with Gasteiger partial charge in [0.15, 0.2) is 16.8 Å². The van der Waals surface area contributed by atoms with Crippen LogP contribution in [-0.2, 0) is 6.54 Å². The molecule has 0 unspecified atom stereocenters. The van der Waals surface area contributed by atoms with Gasteiger partial charge in [-0.1, -0.05) is 11.8 Å². The second-order valence-electron chi connectivity index (χ2n) is 7.32. The molecule has 0 atom stereocenters. The first-order chi connectivity index (χ1) is 15.5. The third kappa shape index (κ3) is 4.18. The maximum Gasteiger partial charge on any atom is 0.196 e. The Balaban J connectivity index is 1.66. The molecule has 164 valence electrons. The number of ketones is 1. The smallest absolute Gasteiger partial charge is 0.196 e. The van der Waals surface area contributed by atoms with Crippen LogP contribution in [0.25, 0.3) is 17.1 Å². The molecule has 32 heavy (non-hydrogen) atoms. The average molecular weight is 448 g/mol. The topological polar surface area (TPSA) is 74.8 Å². The van der Waals surface area contributed by atoms with Crippen molar-refractivity contribution in [3.8, 4) is 22.8 Å². The molecule has 0 bridgehead atoms. The van der Waals surface area contributed by atoms with Crippen molar-refractivity contribution in [1.82, 2.24) is 24.3 Å². The summed E-state index contributed by atoms with van der Waals surface area (Å²) in [6, 6.07) is 13.4. The zero-order valence-corrected chi connectivity index (χ0v) is 19.4. The fourth-order valence-electron chi connectivity index (χ4n) is 3.79. The third-order valence-corrected chi connectivity index (χ3v) is 6.35. The molecule has 0 N–H and O–H groups in total. The van der Waals surface area contributed by atoms with E-state index in [0.717, 1.165) is 40.5 Å². The Morgan fingerprint density at radius 3 is 2.41 bits per heavy atom. The number of rotatable bonds is 8. The Bertz CT molecular complexity index is 1230. The summed E-state index contributed by atoms with van der Waals surface area (Å²) in [6.45, 7) is 6.96. The number of carbonyl (C=O) groups is 1. The van der Waals surface area contributed by atoms with Crippen LogP contribution in [0.3, 0.4) is 0 Å². The van der Waals surface area contributed by atoms with Crippen LogP contribution in [0.2, 0.25) is 0 Å². The number of methoxy groups -OCH3 is 1. The SMILES string of the molecule is CCn1c(C)cc(C(=O)CSc2nnc(-c3ccncc3)n2-c2ccc(OC)cc2)c1C. The predicted molar refractivity (Wildman–Crippen MR) is 126 cm³/mol. The number of hydrogen-bond donors (Lipinski definition) is 0. The number of aryl methyl sites for hydroxylation is 1. The van der Waals surface area contributed by atoms with Gasteiger partial charge in [-0.2, -0.15) is 0 Å². The lowest BCUT2D eigenvalue weighted by Gasteiger charge is -2.11. The third-order valence-electron chi connectivity index (χ3n) is 5.43. The van der Waals surface area contributed by atoms with Crippen LogP contribution in [0.15, 0.2) is 60.0 Å². The molecule has 4 aromatic rings. The molecule has 7 nitrogen and oxygen atoms in total. The van der Waals surface area contributed by atoms with E-state index in [1.807, 2.05) is 60.9 Å². The van der Waals surface area contributed by atoms with E-state index < -0.39 is 0 Å². The molecule has 0 spiro atoms. The maximum absolute atomic E-state index is 13.0. The lowest BCUT2D eigenvalue weighted by atomic mass is 10.2. The number of nitrogens with zero attached hydrogens (tertiary/aromatic N) is 5. The maximum atomic E-state index is 13.0. The highest BCUT2D eigenvalue weighted by Gasteiger charge is 2.20. The minimum Gasteiger partial charge on any atom is -0.497 e. The summed E-state index contributed by atoms with van der Waals surface area (Å²) in [5, 5.41) is 9.48. The minimum absolute atomic E-state index is 0.0811. The molecule has 1 aromatic carbocycles. The molecule has 0 amide bonds. The van der Waals surface area contributed by atoms with Crippen LogP contribution in [-0.4, -0.2) is 43.0 Å². The van der Waals surface area contributed by atoms with Gasteiger partial charge in [-0.05, 0) is 63.2 Å². The lowest BCUT2D eigenvalue weighted by Crippen LogP contribution is -2.07. The number of carbonyl (C=O) groups excluding carboxylic acids is 1. The van der Waals surface area contributed by atoms with E-state index in [1.165, 1.54) is 11.8 Å². The Kier molecular flexibility index (Phi) is 6.41.